The largest absolute Gasteiger partial charge is 0.334 e. The van der Waals surface area contributed by atoms with Gasteiger partial charge in [-0.05, 0) is 69.2 Å². The highest BCUT2D eigenvalue weighted by molar-refractivity contribution is 7.92. The lowest BCUT2D eigenvalue weighted by Gasteiger charge is -2.19. The number of carbonyl (C=O) groups is 4. The van der Waals surface area contributed by atoms with Gasteiger partial charge in [0.25, 0.3) is 0 Å². The first-order valence-corrected chi connectivity index (χ1v) is 12.9. The van der Waals surface area contributed by atoms with Gasteiger partial charge in [0.15, 0.2) is 5.78 Å². The molecular weight excluding hydrogens is 446 g/mol. The lowest BCUT2D eigenvalue weighted by atomic mass is 9.97. The van der Waals surface area contributed by atoms with Crippen LogP contribution < -0.4 is 4.31 Å². The number of hydrogen-bond acceptors (Lipinski definition) is 6. The van der Waals surface area contributed by atoms with Gasteiger partial charge >= 0.3 is 17.8 Å². The Hall–Kier alpha value is -3.01. The first-order chi connectivity index (χ1) is 15.7. The van der Waals surface area contributed by atoms with Crippen molar-refractivity contribution in [3.05, 3.63) is 41.0 Å². The molecule has 33 heavy (non-hydrogen) atoms. The third-order valence-corrected chi connectivity index (χ3v) is 8.21. The summed E-state index contributed by atoms with van der Waals surface area (Å²) in [7, 11) is -3.40. The lowest BCUT2D eigenvalue weighted by Crippen LogP contribution is -2.37. The molecule has 1 aromatic rings. The van der Waals surface area contributed by atoms with E-state index in [9.17, 15) is 27.6 Å². The Morgan fingerprint density at radius 2 is 1.79 bits per heavy atom. The molecule has 0 radical (unpaired) electrons. The maximum Gasteiger partial charge on any atom is 0.334 e. The van der Waals surface area contributed by atoms with E-state index in [2.05, 4.69) is 6.08 Å². The Kier molecular flexibility index (Phi) is 6.38. The zero-order chi connectivity index (χ0) is 23.8. The van der Waals surface area contributed by atoms with E-state index in [4.69, 9.17) is 0 Å². The number of carbonyl (C=O) groups excluding carboxylic acids is 4. The number of sulfonamides is 1. The van der Waals surface area contributed by atoms with Gasteiger partial charge < -0.3 is 0 Å². The Bertz CT molecular complexity index is 1160. The molecule has 2 heterocycles. The van der Waals surface area contributed by atoms with E-state index < -0.39 is 40.2 Å². The molecule has 1 aliphatic carbocycles. The molecule has 2 aliphatic heterocycles. The van der Waals surface area contributed by atoms with Crippen LogP contribution in [0.15, 0.2) is 29.8 Å². The summed E-state index contributed by atoms with van der Waals surface area (Å²) in [6, 6.07) is 3.90. The van der Waals surface area contributed by atoms with Crippen molar-refractivity contribution >= 4 is 39.3 Å². The average molecular weight is 474 g/mol. The number of ketones is 1. The molecule has 176 valence electrons. The van der Waals surface area contributed by atoms with E-state index in [1.165, 1.54) is 15.9 Å². The Morgan fingerprint density at radius 3 is 2.48 bits per heavy atom. The second-order valence-corrected chi connectivity index (χ2v) is 10.7. The van der Waals surface area contributed by atoms with Crippen LogP contribution in [0.25, 0.3) is 0 Å². The normalized spacial score (nSPS) is 18.8. The number of Topliss-reactive ketones (excluding diaryl/α,β-unsaturated/α-hetero) is 1. The smallest absolute Gasteiger partial charge is 0.292 e. The number of fused-ring (bicyclic) bond motifs is 1. The first kappa shape index (κ1) is 23.2. The van der Waals surface area contributed by atoms with Gasteiger partial charge in [0, 0.05) is 18.7 Å². The standard InChI is InChI=1S/C23H27N3O6S/c1-2-33(31,32)26-13-11-17-14-18(8-9-19(17)26)20(27)15-25-22(29)21(28)24(23(25)30)12-10-16-6-4-3-5-7-16/h6,8-9,14H,2-5,7,10-13,15H2,1H3. The van der Waals surface area contributed by atoms with Crippen LogP contribution >= 0.6 is 0 Å². The topological polar surface area (TPSA) is 112 Å². The van der Waals surface area contributed by atoms with Gasteiger partial charge in [0.1, 0.15) is 0 Å². The van der Waals surface area contributed by atoms with Crippen molar-refractivity contribution in [1.82, 2.24) is 9.80 Å². The van der Waals surface area contributed by atoms with Crippen molar-refractivity contribution in [1.29, 1.82) is 0 Å². The third kappa shape index (κ3) is 4.44. The minimum Gasteiger partial charge on any atom is -0.292 e. The fraction of sp³-hybridized carbons (Fsp3) is 0.478. The summed E-state index contributed by atoms with van der Waals surface area (Å²) in [6.07, 6.45) is 7.26. The number of urea groups is 1. The molecule has 10 heteroatoms. The Balaban J connectivity index is 1.44. The third-order valence-electron chi connectivity index (χ3n) is 6.43. The van der Waals surface area contributed by atoms with Crippen LogP contribution in [0.1, 0.15) is 54.9 Å². The molecular formula is C23H27N3O6S. The van der Waals surface area contributed by atoms with E-state index in [0.29, 0.717) is 30.0 Å². The number of benzene rings is 1. The molecule has 0 atom stereocenters. The highest BCUT2D eigenvalue weighted by Gasteiger charge is 2.45. The summed E-state index contributed by atoms with van der Waals surface area (Å²) in [6.45, 7) is 1.48. The van der Waals surface area contributed by atoms with Gasteiger partial charge in [-0.2, -0.15) is 0 Å². The summed E-state index contributed by atoms with van der Waals surface area (Å²) in [5.41, 5.74) is 2.71. The van der Waals surface area contributed by atoms with Crippen LogP contribution in [0.2, 0.25) is 0 Å². The molecule has 1 saturated heterocycles. The van der Waals surface area contributed by atoms with Gasteiger partial charge in [0.05, 0.1) is 18.0 Å². The van der Waals surface area contributed by atoms with Gasteiger partial charge in [-0.15, -0.1) is 0 Å². The molecule has 4 rings (SSSR count). The Morgan fingerprint density at radius 1 is 1.03 bits per heavy atom. The van der Waals surface area contributed by atoms with Crippen molar-refractivity contribution < 1.29 is 27.6 Å². The number of hydrogen-bond donors (Lipinski definition) is 0. The highest BCUT2D eigenvalue weighted by atomic mass is 32.2. The lowest BCUT2D eigenvalue weighted by molar-refractivity contribution is -0.143. The fourth-order valence-electron chi connectivity index (χ4n) is 4.50. The molecule has 0 aromatic heterocycles. The second kappa shape index (κ2) is 9.09. The zero-order valence-corrected chi connectivity index (χ0v) is 19.4. The first-order valence-electron chi connectivity index (χ1n) is 11.2. The quantitative estimate of drug-likeness (QED) is 0.248. The number of imide groups is 2. The number of allylic oxidation sites excluding steroid dienone is 1. The predicted molar refractivity (Wildman–Crippen MR) is 121 cm³/mol. The van der Waals surface area contributed by atoms with E-state index in [1.807, 2.05) is 0 Å². The molecule has 0 saturated carbocycles. The molecule has 0 unspecified atom stereocenters. The van der Waals surface area contributed by atoms with Gasteiger partial charge in [-0.25, -0.2) is 18.1 Å². The SMILES string of the molecule is CCS(=O)(=O)N1CCc2cc(C(=O)CN3C(=O)C(=O)N(CCC4=CCCCC4)C3=O)ccc21. The molecule has 0 spiro atoms. The highest BCUT2D eigenvalue weighted by Crippen LogP contribution is 2.31. The zero-order valence-electron chi connectivity index (χ0n) is 18.6. The maximum atomic E-state index is 12.8. The van der Waals surface area contributed by atoms with E-state index in [-0.39, 0.29) is 17.9 Å². The van der Waals surface area contributed by atoms with Crippen LogP contribution in [-0.4, -0.2) is 67.2 Å². The molecule has 9 nitrogen and oxygen atoms in total. The summed E-state index contributed by atoms with van der Waals surface area (Å²) in [5.74, 6) is -2.40. The van der Waals surface area contributed by atoms with Gasteiger partial charge in [-0.1, -0.05) is 11.6 Å². The van der Waals surface area contributed by atoms with E-state index >= 15 is 0 Å². The van der Waals surface area contributed by atoms with Crippen LogP contribution in [0.4, 0.5) is 10.5 Å². The predicted octanol–water partition coefficient (Wildman–Crippen LogP) is 2.26. The molecule has 3 aliphatic rings. The summed E-state index contributed by atoms with van der Waals surface area (Å²) < 4.78 is 25.8. The van der Waals surface area contributed by atoms with Crippen molar-refractivity contribution in [3.8, 4) is 0 Å². The second-order valence-electron chi connectivity index (χ2n) is 8.48. The average Bonchev–Trinajstić information content (AvgIpc) is 3.33. The van der Waals surface area contributed by atoms with E-state index in [0.717, 1.165) is 36.1 Å². The molecule has 1 aromatic carbocycles. The van der Waals surface area contributed by atoms with Gasteiger partial charge in [0.2, 0.25) is 10.0 Å². The van der Waals surface area contributed by atoms with Crippen LogP contribution in [0.3, 0.4) is 0 Å². The molecule has 0 N–H and O–H groups in total. The number of amides is 4. The summed E-state index contributed by atoms with van der Waals surface area (Å²) >= 11 is 0. The van der Waals surface area contributed by atoms with Crippen LogP contribution in [-0.2, 0) is 26.0 Å². The summed E-state index contributed by atoms with van der Waals surface area (Å²) in [4.78, 5) is 51.9. The number of anilines is 1. The number of rotatable bonds is 8. The van der Waals surface area contributed by atoms with Crippen molar-refractivity contribution in [3.63, 3.8) is 0 Å². The fourth-order valence-corrected chi connectivity index (χ4v) is 5.66. The van der Waals surface area contributed by atoms with Gasteiger partial charge in [-0.3, -0.25) is 23.6 Å². The molecule has 0 bridgehead atoms. The minimum absolute atomic E-state index is 0.0197. The number of nitrogens with zero attached hydrogens (tertiary/aromatic N) is 3. The van der Waals surface area contributed by atoms with Crippen molar-refractivity contribution in [2.45, 2.75) is 45.4 Å². The minimum atomic E-state index is -3.40. The molecule has 4 amide bonds. The molecule has 1 fully saturated rings. The van der Waals surface area contributed by atoms with Crippen LogP contribution in [0.5, 0.6) is 0 Å². The van der Waals surface area contributed by atoms with Crippen molar-refractivity contribution in [2.75, 3.05) is 29.7 Å². The Labute approximate surface area is 193 Å². The monoisotopic (exact) mass is 473 g/mol. The van der Waals surface area contributed by atoms with Crippen molar-refractivity contribution in [2.24, 2.45) is 0 Å². The maximum absolute atomic E-state index is 12.8. The van der Waals surface area contributed by atoms with E-state index in [1.54, 1.807) is 19.1 Å². The van der Waals surface area contributed by atoms with Crippen LogP contribution in [0, 0.1) is 0 Å². The summed E-state index contributed by atoms with van der Waals surface area (Å²) in [5, 5.41) is 0.